The quantitative estimate of drug-likeness (QED) is 0.807. The molecular formula is C20H25N5O3. The van der Waals surface area contributed by atoms with Crippen LogP contribution in [0.1, 0.15) is 46.7 Å². The second-order valence-corrected chi connectivity index (χ2v) is 7.22. The van der Waals surface area contributed by atoms with Crippen LogP contribution in [0.25, 0.3) is 0 Å². The molecule has 2 fully saturated rings. The van der Waals surface area contributed by atoms with Crippen LogP contribution >= 0.6 is 0 Å². The highest BCUT2D eigenvalue weighted by Gasteiger charge is 2.25. The van der Waals surface area contributed by atoms with Gasteiger partial charge in [0.2, 0.25) is 0 Å². The van der Waals surface area contributed by atoms with Crippen molar-refractivity contribution in [1.82, 2.24) is 19.8 Å². The summed E-state index contributed by atoms with van der Waals surface area (Å²) in [7, 11) is 0. The molecule has 8 nitrogen and oxygen atoms in total. The smallest absolute Gasteiger partial charge is 0.289 e. The molecule has 0 aliphatic carbocycles. The Kier molecular flexibility index (Phi) is 5.55. The molecule has 0 atom stereocenters. The first kappa shape index (κ1) is 18.5. The van der Waals surface area contributed by atoms with Crippen LogP contribution in [0.2, 0.25) is 0 Å². The molecule has 2 aliphatic heterocycles. The Labute approximate surface area is 164 Å². The number of anilines is 1. The number of piperazine rings is 1. The van der Waals surface area contributed by atoms with Crippen molar-refractivity contribution in [3.63, 3.8) is 0 Å². The molecule has 8 heteroatoms. The van der Waals surface area contributed by atoms with Crippen LogP contribution in [0.3, 0.4) is 0 Å². The van der Waals surface area contributed by atoms with E-state index >= 15 is 0 Å². The molecule has 2 aliphatic rings. The highest BCUT2D eigenvalue weighted by molar-refractivity contribution is 5.92. The SMILES string of the molecule is O=C(c1cnc(N2CCN(C(=O)c3ccco3)CC2)cn1)N1CCCCCC1. The summed E-state index contributed by atoms with van der Waals surface area (Å²) in [6.07, 6.45) is 9.22. The van der Waals surface area contributed by atoms with Crippen molar-refractivity contribution in [1.29, 1.82) is 0 Å². The van der Waals surface area contributed by atoms with E-state index in [4.69, 9.17) is 4.42 Å². The third-order valence-corrected chi connectivity index (χ3v) is 5.37. The average Bonchev–Trinajstić information content (AvgIpc) is 3.15. The van der Waals surface area contributed by atoms with Gasteiger partial charge in [-0.3, -0.25) is 9.59 Å². The molecule has 0 unspecified atom stereocenters. The van der Waals surface area contributed by atoms with Gasteiger partial charge < -0.3 is 19.1 Å². The lowest BCUT2D eigenvalue weighted by Gasteiger charge is -2.34. The summed E-state index contributed by atoms with van der Waals surface area (Å²) in [6, 6.07) is 3.40. The minimum atomic E-state index is -0.0888. The van der Waals surface area contributed by atoms with Gasteiger partial charge in [-0.05, 0) is 25.0 Å². The van der Waals surface area contributed by atoms with E-state index in [9.17, 15) is 9.59 Å². The molecule has 0 radical (unpaired) electrons. The number of carbonyl (C=O) groups is 2. The van der Waals surface area contributed by atoms with Gasteiger partial charge in [-0.2, -0.15) is 0 Å². The van der Waals surface area contributed by atoms with Crippen LogP contribution in [0.5, 0.6) is 0 Å². The average molecular weight is 383 g/mol. The summed E-state index contributed by atoms with van der Waals surface area (Å²) in [5.74, 6) is 0.978. The number of nitrogens with zero attached hydrogens (tertiary/aromatic N) is 5. The minimum Gasteiger partial charge on any atom is -0.459 e. The molecule has 0 bridgehead atoms. The highest BCUT2D eigenvalue weighted by atomic mass is 16.3. The van der Waals surface area contributed by atoms with E-state index in [1.807, 2.05) is 4.90 Å². The molecule has 2 saturated heterocycles. The summed E-state index contributed by atoms with van der Waals surface area (Å²) < 4.78 is 5.19. The first-order valence-corrected chi connectivity index (χ1v) is 9.91. The van der Waals surface area contributed by atoms with Gasteiger partial charge in [0.05, 0.1) is 18.7 Å². The van der Waals surface area contributed by atoms with E-state index in [0.29, 0.717) is 37.6 Å². The van der Waals surface area contributed by atoms with Crippen molar-refractivity contribution < 1.29 is 14.0 Å². The third-order valence-electron chi connectivity index (χ3n) is 5.37. The molecule has 0 spiro atoms. The van der Waals surface area contributed by atoms with E-state index in [1.54, 1.807) is 29.4 Å². The summed E-state index contributed by atoms with van der Waals surface area (Å²) in [6.45, 7) is 4.12. The standard InChI is InChI=1S/C20H25N5O3/c26-19(24-7-3-1-2-4-8-24)16-14-22-18(15-21-16)23-9-11-25(12-10-23)20(27)17-6-5-13-28-17/h5-6,13-15H,1-4,7-12H2. The van der Waals surface area contributed by atoms with Gasteiger partial charge in [0.25, 0.3) is 11.8 Å². The molecule has 4 rings (SSSR count). The molecule has 4 heterocycles. The fraction of sp³-hybridized carbons (Fsp3) is 0.500. The summed E-state index contributed by atoms with van der Waals surface area (Å²) >= 11 is 0. The predicted octanol–water partition coefficient (Wildman–Crippen LogP) is 2.05. The molecule has 2 amide bonds. The van der Waals surface area contributed by atoms with Crippen molar-refractivity contribution in [2.75, 3.05) is 44.2 Å². The molecule has 2 aromatic heterocycles. The zero-order chi connectivity index (χ0) is 19.3. The molecule has 2 aromatic rings. The first-order valence-electron chi connectivity index (χ1n) is 9.91. The summed E-state index contributed by atoms with van der Waals surface area (Å²) in [4.78, 5) is 39.5. The van der Waals surface area contributed by atoms with Crippen molar-refractivity contribution in [2.45, 2.75) is 25.7 Å². The van der Waals surface area contributed by atoms with Crippen molar-refractivity contribution in [2.24, 2.45) is 0 Å². The normalized spacial score (nSPS) is 18.1. The topological polar surface area (TPSA) is 82.8 Å². The molecular weight excluding hydrogens is 358 g/mol. The number of furan rings is 1. The maximum Gasteiger partial charge on any atom is 0.289 e. The van der Waals surface area contributed by atoms with Gasteiger partial charge in [-0.15, -0.1) is 0 Å². The Hall–Kier alpha value is -2.90. The van der Waals surface area contributed by atoms with Gasteiger partial charge in [0.1, 0.15) is 11.5 Å². The second kappa shape index (κ2) is 8.41. The molecule has 0 aromatic carbocycles. The summed E-state index contributed by atoms with van der Waals surface area (Å²) in [5.41, 5.74) is 0.400. The van der Waals surface area contributed by atoms with Crippen molar-refractivity contribution in [3.05, 3.63) is 42.2 Å². The maximum absolute atomic E-state index is 12.6. The second-order valence-electron chi connectivity index (χ2n) is 7.22. The van der Waals surface area contributed by atoms with Crippen LogP contribution < -0.4 is 4.90 Å². The van der Waals surface area contributed by atoms with Crippen LogP contribution in [0.4, 0.5) is 5.82 Å². The maximum atomic E-state index is 12.6. The number of aromatic nitrogens is 2. The minimum absolute atomic E-state index is 0.0326. The fourth-order valence-electron chi connectivity index (χ4n) is 3.73. The number of likely N-dealkylation sites (tertiary alicyclic amines) is 1. The monoisotopic (exact) mass is 383 g/mol. The largest absolute Gasteiger partial charge is 0.459 e. The summed E-state index contributed by atoms with van der Waals surface area (Å²) in [5, 5.41) is 0. The number of hydrogen-bond acceptors (Lipinski definition) is 6. The van der Waals surface area contributed by atoms with Crippen LogP contribution in [-0.4, -0.2) is 70.9 Å². The Morgan fingerprint density at radius 3 is 2.14 bits per heavy atom. The van der Waals surface area contributed by atoms with Crippen molar-refractivity contribution >= 4 is 17.6 Å². The lowest BCUT2D eigenvalue weighted by atomic mass is 10.2. The number of hydrogen-bond donors (Lipinski definition) is 0. The molecule has 28 heavy (non-hydrogen) atoms. The molecule has 148 valence electrons. The lowest BCUT2D eigenvalue weighted by Crippen LogP contribution is -2.49. The Morgan fingerprint density at radius 1 is 0.821 bits per heavy atom. The number of amides is 2. The Bertz CT molecular complexity index is 790. The zero-order valence-electron chi connectivity index (χ0n) is 15.9. The Balaban J connectivity index is 1.34. The predicted molar refractivity (Wildman–Crippen MR) is 103 cm³/mol. The lowest BCUT2D eigenvalue weighted by molar-refractivity contribution is 0.0712. The number of carbonyl (C=O) groups excluding carboxylic acids is 2. The highest BCUT2D eigenvalue weighted by Crippen LogP contribution is 2.16. The van der Waals surface area contributed by atoms with E-state index in [1.165, 1.54) is 19.1 Å². The van der Waals surface area contributed by atoms with Crippen LogP contribution in [0.15, 0.2) is 35.2 Å². The van der Waals surface area contributed by atoms with Crippen LogP contribution in [-0.2, 0) is 0 Å². The molecule has 0 saturated carbocycles. The third kappa shape index (κ3) is 4.00. The van der Waals surface area contributed by atoms with Gasteiger partial charge in [-0.1, -0.05) is 12.8 Å². The van der Waals surface area contributed by atoms with E-state index in [-0.39, 0.29) is 11.8 Å². The van der Waals surface area contributed by atoms with Crippen molar-refractivity contribution in [3.8, 4) is 0 Å². The zero-order valence-corrected chi connectivity index (χ0v) is 15.9. The Morgan fingerprint density at radius 2 is 1.54 bits per heavy atom. The van der Waals surface area contributed by atoms with E-state index in [0.717, 1.165) is 31.7 Å². The number of rotatable bonds is 3. The van der Waals surface area contributed by atoms with Gasteiger partial charge in [-0.25, -0.2) is 9.97 Å². The van der Waals surface area contributed by atoms with Gasteiger partial charge >= 0.3 is 0 Å². The molecule has 0 N–H and O–H groups in total. The van der Waals surface area contributed by atoms with Crippen LogP contribution in [0, 0.1) is 0 Å². The van der Waals surface area contributed by atoms with E-state index in [2.05, 4.69) is 14.9 Å². The van der Waals surface area contributed by atoms with Gasteiger partial charge in [0, 0.05) is 39.3 Å². The first-order chi connectivity index (χ1) is 13.7. The van der Waals surface area contributed by atoms with E-state index < -0.39 is 0 Å². The fourth-order valence-corrected chi connectivity index (χ4v) is 3.73. The van der Waals surface area contributed by atoms with Gasteiger partial charge in [0.15, 0.2) is 5.76 Å².